The van der Waals surface area contributed by atoms with Crippen LogP contribution in [0.3, 0.4) is 0 Å². The van der Waals surface area contributed by atoms with Crippen LogP contribution < -0.4 is 5.32 Å². The zero-order valence-corrected chi connectivity index (χ0v) is 12.4. The molecule has 0 saturated heterocycles. The third-order valence-corrected chi connectivity index (χ3v) is 3.37. The molecule has 0 fully saturated rings. The van der Waals surface area contributed by atoms with Crippen molar-refractivity contribution in [2.75, 3.05) is 12.4 Å². The van der Waals surface area contributed by atoms with Gasteiger partial charge in [0.05, 0.1) is 5.69 Å². The minimum absolute atomic E-state index is 0.448. The molecule has 3 nitrogen and oxygen atoms in total. The van der Waals surface area contributed by atoms with Gasteiger partial charge in [-0.3, -0.25) is 0 Å². The highest BCUT2D eigenvalue weighted by Gasteiger charge is 2.17. The number of aromatic nitrogens is 2. The lowest BCUT2D eigenvalue weighted by molar-refractivity contribution is 0.699. The molecular weight excluding hydrogens is 222 g/mol. The number of nitrogens with zero attached hydrogens (tertiary/aromatic N) is 2. The molecule has 3 heteroatoms. The highest BCUT2D eigenvalue weighted by molar-refractivity contribution is 5.68. The third kappa shape index (κ3) is 3.09. The molecule has 1 rings (SSSR count). The molecule has 1 unspecified atom stereocenters. The average Bonchev–Trinajstić information content (AvgIpc) is 2.38. The zero-order valence-electron chi connectivity index (χ0n) is 12.4. The summed E-state index contributed by atoms with van der Waals surface area (Å²) >= 11 is 0. The lowest BCUT2D eigenvalue weighted by Gasteiger charge is -2.18. The Labute approximate surface area is 111 Å². The molecule has 0 amide bonds. The van der Waals surface area contributed by atoms with Gasteiger partial charge < -0.3 is 5.32 Å². The molecule has 0 radical (unpaired) electrons. The molecule has 1 heterocycles. The van der Waals surface area contributed by atoms with Gasteiger partial charge >= 0.3 is 0 Å². The fraction of sp³-hybridized carbons (Fsp3) is 0.600. The van der Waals surface area contributed by atoms with Crippen molar-refractivity contribution in [2.45, 2.75) is 47.0 Å². The molecule has 18 heavy (non-hydrogen) atoms. The van der Waals surface area contributed by atoms with Gasteiger partial charge in [0.15, 0.2) is 0 Å². The van der Waals surface area contributed by atoms with Crippen molar-refractivity contribution in [3.8, 4) is 0 Å². The summed E-state index contributed by atoms with van der Waals surface area (Å²) in [6, 6.07) is 0. The molecule has 1 aromatic rings. The Bertz CT molecular complexity index is 422. The minimum Gasteiger partial charge on any atom is -0.357 e. The highest BCUT2D eigenvalue weighted by atomic mass is 15.1. The predicted molar refractivity (Wildman–Crippen MR) is 78.8 cm³/mol. The fourth-order valence-corrected chi connectivity index (χ4v) is 2.11. The van der Waals surface area contributed by atoms with E-state index in [1.54, 1.807) is 0 Å². The SMILES string of the molecule is C/C=C(\c1cnc(NC)nc1C(C)CC)C(C)C. The van der Waals surface area contributed by atoms with Gasteiger partial charge in [-0.25, -0.2) is 9.97 Å². The van der Waals surface area contributed by atoms with Crippen molar-refractivity contribution >= 4 is 11.5 Å². The number of anilines is 1. The molecule has 1 atom stereocenters. The molecule has 0 spiro atoms. The number of rotatable bonds is 5. The van der Waals surface area contributed by atoms with Gasteiger partial charge in [0, 0.05) is 18.8 Å². The molecule has 0 aliphatic carbocycles. The first-order valence-electron chi connectivity index (χ1n) is 6.76. The lowest BCUT2D eigenvalue weighted by Crippen LogP contribution is -2.08. The van der Waals surface area contributed by atoms with Crippen LogP contribution >= 0.6 is 0 Å². The van der Waals surface area contributed by atoms with Crippen molar-refractivity contribution in [3.05, 3.63) is 23.5 Å². The van der Waals surface area contributed by atoms with Crippen LogP contribution in [-0.2, 0) is 0 Å². The second-order valence-electron chi connectivity index (χ2n) is 4.95. The molecular formula is C15H25N3. The lowest BCUT2D eigenvalue weighted by atomic mass is 9.90. The second-order valence-corrected chi connectivity index (χ2v) is 4.95. The Kier molecular flexibility index (Phi) is 5.32. The van der Waals surface area contributed by atoms with Gasteiger partial charge in [-0.2, -0.15) is 0 Å². The van der Waals surface area contributed by atoms with Crippen LogP contribution in [0.1, 0.15) is 58.2 Å². The van der Waals surface area contributed by atoms with Crippen molar-refractivity contribution in [3.63, 3.8) is 0 Å². The molecule has 0 aliphatic rings. The van der Waals surface area contributed by atoms with Crippen molar-refractivity contribution in [1.82, 2.24) is 9.97 Å². The average molecular weight is 247 g/mol. The largest absolute Gasteiger partial charge is 0.357 e. The summed E-state index contributed by atoms with van der Waals surface area (Å²) in [5.41, 5.74) is 3.67. The second kappa shape index (κ2) is 6.53. The molecule has 0 saturated carbocycles. The van der Waals surface area contributed by atoms with Crippen LogP contribution in [0.2, 0.25) is 0 Å². The summed E-state index contributed by atoms with van der Waals surface area (Å²) in [5, 5.41) is 3.02. The van der Waals surface area contributed by atoms with Crippen LogP contribution in [0.15, 0.2) is 12.3 Å². The Balaban J connectivity index is 3.34. The van der Waals surface area contributed by atoms with Crippen molar-refractivity contribution < 1.29 is 0 Å². The van der Waals surface area contributed by atoms with E-state index in [4.69, 9.17) is 0 Å². The number of allylic oxidation sites excluding steroid dienone is 2. The van der Waals surface area contributed by atoms with E-state index in [1.165, 1.54) is 11.1 Å². The van der Waals surface area contributed by atoms with E-state index in [9.17, 15) is 0 Å². The molecule has 0 aromatic carbocycles. The highest BCUT2D eigenvalue weighted by Crippen LogP contribution is 2.30. The quantitative estimate of drug-likeness (QED) is 0.851. The van der Waals surface area contributed by atoms with Crippen LogP contribution in [0.25, 0.3) is 5.57 Å². The first kappa shape index (κ1) is 14.7. The van der Waals surface area contributed by atoms with Crippen LogP contribution in [-0.4, -0.2) is 17.0 Å². The van der Waals surface area contributed by atoms with Crippen molar-refractivity contribution in [1.29, 1.82) is 0 Å². The first-order chi connectivity index (χ1) is 8.54. The van der Waals surface area contributed by atoms with Gasteiger partial charge in [0.25, 0.3) is 0 Å². The Morgan fingerprint density at radius 3 is 2.50 bits per heavy atom. The Morgan fingerprint density at radius 1 is 1.39 bits per heavy atom. The fourth-order valence-electron chi connectivity index (χ4n) is 2.11. The molecule has 1 N–H and O–H groups in total. The summed E-state index contributed by atoms with van der Waals surface area (Å²) in [6.45, 7) is 10.9. The number of nitrogens with one attached hydrogen (secondary N) is 1. The first-order valence-corrected chi connectivity index (χ1v) is 6.76. The van der Waals surface area contributed by atoms with Gasteiger partial charge in [-0.05, 0) is 30.8 Å². The summed E-state index contributed by atoms with van der Waals surface area (Å²) in [6.07, 6.45) is 5.21. The van der Waals surface area contributed by atoms with Gasteiger partial charge in [-0.1, -0.05) is 33.8 Å². The standard InChI is InChI=1S/C15H25N3/c1-7-11(5)14-13(12(8-2)10(3)4)9-17-15(16-6)18-14/h8-11H,7H2,1-6H3,(H,16,17,18)/b12-8-. The number of hydrogen-bond acceptors (Lipinski definition) is 3. The van der Waals surface area contributed by atoms with E-state index in [-0.39, 0.29) is 0 Å². The zero-order chi connectivity index (χ0) is 13.7. The monoisotopic (exact) mass is 247 g/mol. The predicted octanol–water partition coefficient (Wildman–Crippen LogP) is 4.09. The molecule has 100 valence electrons. The topological polar surface area (TPSA) is 37.8 Å². The minimum atomic E-state index is 0.448. The van der Waals surface area contributed by atoms with Crippen molar-refractivity contribution in [2.24, 2.45) is 5.92 Å². The molecule has 1 aromatic heterocycles. The van der Waals surface area contributed by atoms with E-state index < -0.39 is 0 Å². The van der Waals surface area contributed by atoms with E-state index >= 15 is 0 Å². The van der Waals surface area contributed by atoms with Crippen LogP contribution in [0.5, 0.6) is 0 Å². The maximum absolute atomic E-state index is 4.65. The van der Waals surface area contributed by atoms with Crippen LogP contribution in [0.4, 0.5) is 5.95 Å². The summed E-state index contributed by atoms with van der Waals surface area (Å²) in [7, 11) is 1.86. The molecule has 0 aliphatic heterocycles. The van der Waals surface area contributed by atoms with Crippen LogP contribution in [0, 0.1) is 5.92 Å². The Morgan fingerprint density at radius 2 is 2.06 bits per heavy atom. The van der Waals surface area contributed by atoms with E-state index in [0.717, 1.165) is 12.1 Å². The summed E-state index contributed by atoms with van der Waals surface area (Å²) in [5.74, 6) is 1.64. The van der Waals surface area contributed by atoms with E-state index in [2.05, 4.69) is 56.0 Å². The van der Waals surface area contributed by atoms with E-state index in [1.807, 2.05) is 13.2 Å². The molecule has 0 bridgehead atoms. The van der Waals surface area contributed by atoms with Gasteiger partial charge in [-0.15, -0.1) is 0 Å². The van der Waals surface area contributed by atoms with E-state index in [0.29, 0.717) is 17.8 Å². The van der Waals surface area contributed by atoms with Gasteiger partial charge in [0.2, 0.25) is 5.95 Å². The Hall–Kier alpha value is -1.38. The summed E-state index contributed by atoms with van der Waals surface area (Å²) < 4.78 is 0. The maximum atomic E-state index is 4.65. The normalized spacial score (nSPS) is 13.8. The maximum Gasteiger partial charge on any atom is 0.222 e. The number of hydrogen-bond donors (Lipinski definition) is 1. The third-order valence-electron chi connectivity index (χ3n) is 3.37. The smallest absolute Gasteiger partial charge is 0.222 e. The van der Waals surface area contributed by atoms with Gasteiger partial charge in [0.1, 0.15) is 0 Å². The summed E-state index contributed by atoms with van der Waals surface area (Å²) in [4.78, 5) is 9.01.